The van der Waals surface area contributed by atoms with Crippen molar-refractivity contribution in [1.29, 1.82) is 0 Å². The van der Waals surface area contributed by atoms with Crippen LogP contribution in [0, 0.1) is 5.82 Å². The fourth-order valence-corrected chi connectivity index (χ4v) is 4.00. The number of carbonyl (C=O) groups excluding carboxylic acids is 1. The molecule has 1 saturated heterocycles. The number of aromatic nitrogens is 4. The Morgan fingerprint density at radius 1 is 1.22 bits per heavy atom. The molecule has 2 N–H and O–H groups in total. The number of nitrogens with zero attached hydrogens (tertiary/aromatic N) is 4. The predicted octanol–water partition coefficient (Wildman–Crippen LogP) is 3.39. The summed E-state index contributed by atoms with van der Waals surface area (Å²) in [6.45, 7) is 0.235. The molecule has 168 valence electrons. The minimum Gasteiger partial charge on any atom is -0.387 e. The van der Waals surface area contributed by atoms with Crippen molar-refractivity contribution >= 4 is 5.91 Å². The molecule has 0 aliphatic carbocycles. The number of carbonyl (C=O) groups is 1. The second kappa shape index (κ2) is 8.65. The molecule has 1 aliphatic rings. The molecule has 3 heterocycles. The lowest BCUT2D eigenvalue weighted by Crippen LogP contribution is -2.39. The van der Waals surface area contributed by atoms with Gasteiger partial charge in [0.05, 0.1) is 11.3 Å². The van der Waals surface area contributed by atoms with Gasteiger partial charge in [-0.2, -0.15) is 18.3 Å². The highest BCUT2D eigenvalue weighted by atomic mass is 19.4. The van der Waals surface area contributed by atoms with E-state index in [0.29, 0.717) is 48.9 Å². The Hall–Kier alpha value is -3.34. The van der Waals surface area contributed by atoms with E-state index in [0.717, 1.165) is 6.07 Å². The molecule has 0 atom stereocenters. The Kier molecular flexibility index (Phi) is 5.92. The second-order valence-electron chi connectivity index (χ2n) is 7.43. The van der Waals surface area contributed by atoms with Crippen LogP contribution in [0.4, 0.5) is 17.6 Å². The average Bonchev–Trinajstić information content (AvgIpc) is 3.23. The molecule has 1 fully saturated rings. The van der Waals surface area contributed by atoms with E-state index < -0.39 is 24.2 Å². The summed E-state index contributed by atoms with van der Waals surface area (Å²) in [4.78, 5) is 21.4. The first-order chi connectivity index (χ1) is 15.3. The number of aliphatic hydroxyl groups excluding tert-OH is 1. The number of aliphatic hydroxyl groups is 1. The van der Waals surface area contributed by atoms with Crippen molar-refractivity contribution in [2.24, 2.45) is 0 Å². The molecule has 0 bridgehead atoms. The van der Waals surface area contributed by atoms with E-state index in [1.807, 2.05) is 0 Å². The summed E-state index contributed by atoms with van der Waals surface area (Å²) in [5.74, 6) is -1.88. The van der Waals surface area contributed by atoms with Crippen molar-refractivity contribution < 1.29 is 27.5 Å². The third-order valence-electron chi connectivity index (χ3n) is 5.58. The Morgan fingerprint density at radius 2 is 1.97 bits per heavy atom. The molecule has 0 saturated carbocycles. The summed E-state index contributed by atoms with van der Waals surface area (Å²) < 4.78 is 54.7. The molecule has 32 heavy (non-hydrogen) atoms. The molecule has 4 rings (SSSR count). The van der Waals surface area contributed by atoms with Gasteiger partial charge in [0.2, 0.25) is 5.91 Å². The molecule has 1 aromatic carbocycles. The number of amides is 1. The van der Waals surface area contributed by atoms with Crippen LogP contribution in [0.15, 0.2) is 36.8 Å². The highest BCUT2D eigenvalue weighted by Crippen LogP contribution is 2.41. The molecule has 11 heteroatoms. The van der Waals surface area contributed by atoms with Crippen LogP contribution in [-0.4, -0.2) is 55.8 Å². The van der Waals surface area contributed by atoms with E-state index in [4.69, 9.17) is 5.11 Å². The van der Waals surface area contributed by atoms with Gasteiger partial charge < -0.3 is 10.0 Å². The van der Waals surface area contributed by atoms with E-state index in [1.54, 1.807) is 11.0 Å². The SMILES string of the molecule is O=C(CO)N1CCC(c2[nH]nc(-c3cccc(C(F)(F)F)c3F)c2-c2ccncn2)CC1. The largest absolute Gasteiger partial charge is 0.419 e. The maximum atomic E-state index is 14.9. The Bertz CT molecular complexity index is 1110. The third kappa shape index (κ3) is 4.07. The van der Waals surface area contributed by atoms with Crippen LogP contribution in [-0.2, 0) is 11.0 Å². The van der Waals surface area contributed by atoms with Crippen LogP contribution >= 0.6 is 0 Å². The predicted molar refractivity (Wildman–Crippen MR) is 106 cm³/mol. The maximum absolute atomic E-state index is 14.9. The zero-order valence-corrected chi connectivity index (χ0v) is 16.7. The van der Waals surface area contributed by atoms with Gasteiger partial charge in [-0.15, -0.1) is 0 Å². The van der Waals surface area contributed by atoms with Gasteiger partial charge in [0.15, 0.2) is 0 Å². The number of hydrogen-bond donors (Lipinski definition) is 2. The number of likely N-dealkylation sites (tertiary alicyclic amines) is 1. The van der Waals surface area contributed by atoms with Gasteiger partial charge in [-0.1, -0.05) is 6.07 Å². The van der Waals surface area contributed by atoms with Gasteiger partial charge in [0.25, 0.3) is 0 Å². The van der Waals surface area contributed by atoms with Crippen LogP contribution in [0.5, 0.6) is 0 Å². The van der Waals surface area contributed by atoms with Crippen molar-refractivity contribution in [3.05, 3.63) is 53.9 Å². The van der Waals surface area contributed by atoms with Crippen molar-refractivity contribution in [3.63, 3.8) is 0 Å². The van der Waals surface area contributed by atoms with Gasteiger partial charge in [-0.3, -0.25) is 9.89 Å². The smallest absolute Gasteiger partial charge is 0.387 e. The van der Waals surface area contributed by atoms with Crippen LogP contribution in [0.25, 0.3) is 22.5 Å². The zero-order valence-electron chi connectivity index (χ0n) is 16.7. The number of aromatic amines is 1. The van der Waals surface area contributed by atoms with Crippen molar-refractivity contribution in [2.75, 3.05) is 19.7 Å². The summed E-state index contributed by atoms with van der Waals surface area (Å²) in [5, 5.41) is 16.1. The number of benzene rings is 1. The molecule has 1 amide bonds. The summed E-state index contributed by atoms with van der Waals surface area (Å²) in [7, 11) is 0. The van der Waals surface area contributed by atoms with E-state index in [1.165, 1.54) is 18.6 Å². The van der Waals surface area contributed by atoms with E-state index in [9.17, 15) is 22.4 Å². The van der Waals surface area contributed by atoms with E-state index in [2.05, 4.69) is 20.2 Å². The van der Waals surface area contributed by atoms with Gasteiger partial charge in [-0.25, -0.2) is 14.4 Å². The highest BCUT2D eigenvalue weighted by molar-refractivity contribution is 5.82. The maximum Gasteiger partial charge on any atom is 0.419 e. The second-order valence-corrected chi connectivity index (χ2v) is 7.43. The van der Waals surface area contributed by atoms with Crippen molar-refractivity contribution in [3.8, 4) is 22.5 Å². The van der Waals surface area contributed by atoms with Gasteiger partial charge in [-0.05, 0) is 31.0 Å². The average molecular weight is 449 g/mol. The molecular weight excluding hydrogens is 430 g/mol. The Balaban J connectivity index is 1.78. The number of alkyl halides is 3. The highest BCUT2D eigenvalue weighted by Gasteiger charge is 2.36. The third-order valence-corrected chi connectivity index (χ3v) is 5.58. The molecule has 2 aromatic heterocycles. The zero-order chi connectivity index (χ0) is 22.9. The van der Waals surface area contributed by atoms with Gasteiger partial charge >= 0.3 is 6.18 Å². The molecule has 0 unspecified atom stereocenters. The standard InChI is InChI=1S/C21H19F4N5O2/c22-18-13(2-1-3-14(18)21(23,24)25)20-17(15-4-7-26-11-27-15)19(28-29-20)12-5-8-30(9-6-12)16(32)10-31/h1-4,7,11-12,31H,5-6,8-10H2,(H,28,29). The number of piperidine rings is 1. The minimum atomic E-state index is -4.85. The first-order valence-electron chi connectivity index (χ1n) is 9.90. The molecule has 3 aromatic rings. The summed E-state index contributed by atoms with van der Waals surface area (Å²) in [5.41, 5.74) is -0.238. The normalized spacial score (nSPS) is 15.2. The number of halogens is 4. The number of nitrogens with one attached hydrogen (secondary N) is 1. The lowest BCUT2D eigenvalue weighted by Gasteiger charge is -2.31. The molecule has 0 spiro atoms. The van der Waals surface area contributed by atoms with Crippen molar-refractivity contribution in [2.45, 2.75) is 24.9 Å². The quantitative estimate of drug-likeness (QED) is 0.596. The van der Waals surface area contributed by atoms with Crippen LogP contribution in [0.1, 0.15) is 30.0 Å². The lowest BCUT2D eigenvalue weighted by atomic mass is 9.88. The van der Waals surface area contributed by atoms with Gasteiger partial charge in [0.1, 0.15) is 24.4 Å². The van der Waals surface area contributed by atoms with Crippen LogP contribution < -0.4 is 0 Å². The minimum absolute atomic E-state index is 0.0242. The topological polar surface area (TPSA) is 95.0 Å². The molecular formula is C21H19F4N5O2. The molecule has 7 nitrogen and oxygen atoms in total. The number of rotatable bonds is 4. The number of hydrogen-bond acceptors (Lipinski definition) is 5. The molecule has 1 aliphatic heterocycles. The van der Waals surface area contributed by atoms with E-state index in [-0.39, 0.29) is 23.1 Å². The first kappa shape index (κ1) is 21.9. The van der Waals surface area contributed by atoms with Gasteiger partial charge in [0, 0.05) is 42.0 Å². The van der Waals surface area contributed by atoms with E-state index >= 15 is 0 Å². The molecule has 0 radical (unpaired) electrons. The Morgan fingerprint density at radius 3 is 2.59 bits per heavy atom. The fraction of sp³-hybridized carbons (Fsp3) is 0.333. The monoisotopic (exact) mass is 449 g/mol. The van der Waals surface area contributed by atoms with Crippen LogP contribution in [0.2, 0.25) is 0 Å². The lowest BCUT2D eigenvalue weighted by molar-refractivity contribution is -0.140. The summed E-state index contributed by atoms with van der Waals surface area (Å²) >= 11 is 0. The van der Waals surface area contributed by atoms with Crippen molar-refractivity contribution in [1.82, 2.24) is 25.1 Å². The first-order valence-corrected chi connectivity index (χ1v) is 9.90. The number of H-pyrrole nitrogens is 1. The summed E-state index contributed by atoms with van der Waals surface area (Å²) in [6, 6.07) is 4.65. The Labute approximate surface area is 180 Å². The van der Waals surface area contributed by atoms with Crippen LogP contribution in [0.3, 0.4) is 0 Å². The fourth-order valence-electron chi connectivity index (χ4n) is 4.00. The summed E-state index contributed by atoms with van der Waals surface area (Å²) in [6.07, 6.45) is -0.998.